The predicted octanol–water partition coefficient (Wildman–Crippen LogP) is 5.46. The first kappa shape index (κ1) is 12.3. The number of anilines is 1. The van der Waals surface area contributed by atoms with Gasteiger partial charge in [-0.2, -0.15) is 0 Å². The Morgan fingerprint density at radius 2 is 2.11 bits per heavy atom. The maximum Gasteiger partial charge on any atom is 0.0934 e. The number of thiophene rings is 1. The summed E-state index contributed by atoms with van der Waals surface area (Å²) < 4.78 is 0.884. The highest BCUT2D eigenvalue weighted by molar-refractivity contribution is 7.16. The van der Waals surface area contributed by atoms with Gasteiger partial charge in [0, 0.05) is 15.6 Å². The predicted molar refractivity (Wildman–Crippen MR) is 80.2 cm³/mol. The minimum Gasteiger partial charge on any atom is -0.378 e. The van der Waals surface area contributed by atoms with Gasteiger partial charge in [-0.15, -0.1) is 11.3 Å². The Morgan fingerprint density at radius 3 is 2.94 bits per heavy atom. The Balaban J connectivity index is 1.88. The molecule has 94 valence electrons. The molecule has 0 bridgehead atoms. The Bertz CT molecular complexity index is 591. The maximum absolute atomic E-state index is 6.07. The number of hydrogen-bond acceptors (Lipinski definition) is 2. The van der Waals surface area contributed by atoms with E-state index in [1.165, 1.54) is 16.0 Å². The van der Waals surface area contributed by atoms with E-state index < -0.39 is 0 Å². The van der Waals surface area contributed by atoms with Gasteiger partial charge in [-0.3, -0.25) is 0 Å². The molecule has 1 N–H and O–H groups in total. The average molecular weight is 298 g/mol. The topological polar surface area (TPSA) is 12.0 Å². The van der Waals surface area contributed by atoms with E-state index in [4.69, 9.17) is 23.2 Å². The number of benzene rings is 1. The molecule has 4 heteroatoms. The van der Waals surface area contributed by atoms with Crippen molar-refractivity contribution in [2.45, 2.75) is 25.8 Å². The lowest BCUT2D eigenvalue weighted by molar-refractivity contribution is 0.761. The van der Waals surface area contributed by atoms with Crippen LogP contribution in [0.25, 0.3) is 0 Å². The summed E-state index contributed by atoms with van der Waals surface area (Å²) in [4.78, 5) is 1.41. The minimum absolute atomic E-state index is 0.362. The van der Waals surface area contributed by atoms with Crippen molar-refractivity contribution < 1.29 is 0 Å². The quantitative estimate of drug-likeness (QED) is 0.776. The first-order valence-electron chi connectivity index (χ1n) is 5.94. The van der Waals surface area contributed by atoms with Crippen molar-refractivity contribution >= 4 is 40.2 Å². The van der Waals surface area contributed by atoms with Gasteiger partial charge in [-0.05, 0) is 49.1 Å². The monoisotopic (exact) mass is 297 g/mol. The van der Waals surface area contributed by atoms with Crippen molar-refractivity contribution in [2.75, 3.05) is 5.32 Å². The molecule has 1 unspecified atom stereocenters. The molecule has 3 rings (SSSR count). The van der Waals surface area contributed by atoms with E-state index >= 15 is 0 Å². The third-order valence-corrected chi connectivity index (χ3v) is 4.95. The van der Waals surface area contributed by atoms with E-state index in [9.17, 15) is 0 Å². The third-order valence-electron chi connectivity index (χ3n) is 3.38. The molecule has 0 radical (unpaired) electrons. The van der Waals surface area contributed by atoms with Gasteiger partial charge in [0.25, 0.3) is 0 Å². The van der Waals surface area contributed by atoms with Crippen molar-refractivity contribution in [1.29, 1.82) is 0 Å². The van der Waals surface area contributed by atoms with Crippen LogP contribution in [0.2, 0.25) is 9.36 Å². The molecule has 1 aromatic carbocycles. The van der Waals surface area contributed by atoms with Crippen molar-refractivity contribution in [2.24, 2.45) is 0 Å². The number of fused-ring (bicyclic) bond motifs is 1. The number of hydrogen-bond donors (Lipinski definition) is 1. The summed E-state index contributed by atoms with van der Waals surface area (Å²) in [6.45, 7) is 2.09. The molecule has 2 aromatic rings. The smallest absolute Gasteiger partial charge is 0.0934 e. The minimum atomic E-state index is 0.362. The number of halogens is 2. The summed E-state index contributed by atoms with van der Waals surface area (Å²) in [5, 5.41) is 4.35. The maximum atomic E-state index is 6.07. The highest BCUT2D eigenvalue weighted by Crippen LogP contribution is 2.41. The first-order valence-corrected chi connectivity index (χ1v) is 7.51. The second kappa shape index (κ2) is 4.76. The van der Waals surface area contributed by atoms with Gasteiger partial charge in [0.15, 0.2) is 0 Å². The fourth-order valence-corrected chi connectivity index (χ4v) is 3.95. The summed E-state index contributed by atoms with van der Waals surface area (Å²) in [7, 11) is 0. The molecule has 1 atom stereocenters. The SMILES string of the molecule is Cc1ccc(Cl)cc1NC1CCc2sc(Cl)cc21. The van der Waals surface area contributed by atoms with E-state index in [0.717, 1.165) is 27.9 Å². The van der Waals surface area contributed by atoms with Crippen LogP contribution in [0.1, 0.15) is 28.5 Å². The molecule has 1 nitrogen and oxygen atoms in total. The second-order valence-corrected chi connectivity index (χ2v) is 6.83. The van der Waals surface area contributed by atoms with E-state index in [1.54, 1.807) is 11.3 Å². The van der Waals surface area contributed by atoms with Crippen molar-refractivity contribution in [3.8, 4) is 0 Å². The second-order valence-electron chi connectivity index (χ2n) is 4.62. The van der Waals surface area contributed by atoms with E-state index in [1.807, 2.05) is 18.2 Å². The molecule has 0 saturated carbocycles. The Hall–Kier alpha value is -0.700. The summed E-state index contributed by atoms with van der Waals surface area (Å²) >= 11 is 13.8. The lowest BCUT2D eigenvalue weighted by Crippen LogP contribution is -2.07. The lowest BCUT2D eigenvalue weighted by Gasteiger charge is -2.16. The summed E-state index contributed by atoms with van der Waals surface area (Å²) in [5.74, 6) is 0. The highest BCUT2D eigenvalue weighted by atomic mass is 35.5. The largest absolute Gasteiger partial charge is 0.378 e. The zero-order chi connectivity index (χ0) is 12.7. The average Bonchev–Trinajstić information content (AvgIpc) is 2.84. The van der Waals surface area contributed by atoms with Gasteiger partial charge in [0.1, 0.15) is 0 Å². The van der Waals surface area contributed by atoms with Crippen LogP contribution in [0.5, 0.6) is 0 Å². The molecule has 1 aliphatic rings. The first-order chi connectivity index (χ1) is 8.63. The normalized spacial score (nSPS) is 17.8. The zero-order valence-corrected chi connectivity index (χ0v) is 12.3. The van der Waals surface area contributed by atoms with Crippen LogP contribution >= 0.6 is 34.5 Å². The number of aryl methyl sites for hydroxylation is 2. The van der Waals surface area contributed by atoms with Gasteiger partial charge >= 0.3 is 0 Å². The third kappa shape index (κ3) is 2.25. The zero-order valence-electron chi connectivity index (χ0n) is 9.97. The molecule has 1 heterocycles. The van der Waals surface area contributed by atoms with Crippen LogP contribution in [0, 0.1) is 6.92 Å². The van der Waals surface area contributed by atoms with Gasteiger partial charge < -0.3 is 5.32 Å². The van der Waals surface area contributed by atoms with Crippen LogP contribution in [0.4, 0.5) is 5.69 Å². The summed E-state index contributed by atoms with van der Waals surface area (Å²) in [6.07, 6.45) is 2.24. The van der Waals surface area contributed by atoms with Crippen molar-refractivity contribution in [3.05, 3.63) is 49.6 Å². The highest BCUT2D eigenvalue weighted by Gasteiger charge is 2.25. The van der Waals surface area contributed by atoms with Gasteiger partial charge in [0.05, 0.1) is 10.4 Å². The summed E-state index contributed by atoms with van der Waals surface area (Å²) in [6, 6.07) is 8.40. The molecule has 0 aliphatic heterocycles. The fourth-order valence-electron chi connectivity index (χ4n) is 2.42. The van der Waals surface area contributed by atoms with Crippen LogP contribution in [-0.2, 0) is 6.42 Å². The Kier molecular flexibility index (Phi) is 3.27. The van der Waals surface area contributed by atoms with Crippen LogP contribution in [0.3, 0.4) is 0 Å². The van der Waals surface area contributed by atoms with Crippen LogP contribution in [-0.4, -0.2) is 0 Å². The molecule has 1 aliphatic carbocycles. The van der Waals surface area contributed by atoms with E-state index in [2.05, 4.69) is 18.3 Å². The lowest BCUT2D eigenvalue weighted by atomic mass is 10.1. The number of nitrogens with one attached hydrogen (secondary N) is 1. The van der Waals surface area contributed by atoms with Crippen LogP contribution < -0.4 is 5.32 Å². The molecule has 0 amide bonds. The number of rotatable bonds is 2. The Morgan fingerprint density at radius 1 is 1.28 bits per heavy atom. The standard InChI is InChI=1S/C14H13Cl2NS/c1-8-2-3-9(15)6-12(8)17-11-4-5-13-10(11)7-14(16)18-13/h2-3,6-7,11,17H,4-5H2,1H3. The molecular formula is C14H13Cl2NS. The van der Waals surface area contributed by atoms with Crippen LogP contribution in [0.15, 0.2) is 24.3 Å². The molecule has 18 heavy (non-hydrogen) atoms. The summed E-state index contributed by atoms with van der Waals surface area (Å²) in [5.41, 5.74) is 3.68. The van der Waals surface area contributed by atoms with E-state index in [-0.39, 0.29) is 0 Å². The van der Waals surface area contributed by atoms with Gasteiger partial charge in [0.2, 0.25) is 0 Å². The molecule has 0 fully saturated rings. The molecule has 0 spiro atoms. The molecule has 0 saturated heterocycles. The van der Waals surface area contributed by atoms with Gasteiger partial charge in [-0.1, -0.05) is 29.3 Å². The van der Waals surface area contributed by atoms with Crippen molar-refractivity contribution in [3.63, 3.8) is 0 Å². The Labute approximate surface area is 121 Å². The molecular weight excluding hydrogens is 285 g/mol. The van der Waals surface area contributed by atoms with E-state index in [0.29, 0.717) is 6.04 Å². The molecule has 1 aromatic heterocycles. The van der Waals surface area contributed by atoms with Crippen molar-refractivity contribution in [1.82, 2.24) is 0 Å². The fraction of sp³-hybridized carbons (Fsp3) is 0.286. The van der Waals surface area contributed by atoms with Gasteiger partial charge in [-0.25, -0.2) is 0 Å².